The molecule has 0 aromatic heterocycles. The van der Waals surface area contributed by atoms with Gasteiger partial charge in [0.05, 0.1) is 13.0 Å². The third-order valence-electron chi connectivity index (χ3n) is 2.70. The normalized spacial score (nSPS) is 22.2. The number of nitrogens with zero attached hydrogens (tertiary/aromatic N) is 1. The summed E-state index contributed by atoms with van der Waals surface area (Å²) in [6, 6.07) is 0. The Bertz CT molecular complexity index is 282. The minimum atomic E-state index is -1.04. The summed E-state index contributed by atoms with van der Waals surface area (Å²) in [5.74, 6) is -1.42. The lowest BCUT2D eigenvalue weighted by Crippen LogP contribution is -2.41. The lowest BCUT2D eigenvalue weighted by atomic mass is 10.2. The van der Waals surface area contributed by atoms with Crippen LogP contribution in [0.15, 0.2) is 0 Å². The number of hydrogen-bond acceptors (Lipinski definition) is 4. The van der Waals surface area contributed by atoms with Crippen LogP contribution in [0.5, 0.6) is 0 Å². The first-order valence-electron chi connectivity index (χ1n) is 6.42. The van der Waals surface area contributed by atoms with Crippen molar-refractivity contribution in [2.24, 2.45) is 0 Å². The fraction of sp³-hybridized carbons (Fsp3) is 0.833. The number of ether oxygens (including phenoxy) is 1. The standard InChI is InChI=1S/C12H21NO5/c1-2-3-6-13-12(16)10(9-11(14)15)17-7-4-5-8-18-13/h10H,2-9H2,1H3,(H,14,15)/t10-/m1/s1. The van der Waals surface area contributed by atoms with Crippen molar-refractivity contribution in [2.75, 3.05) is 19.8 Å². The molecular formula is C12H21NO5. The fourth-order valence-corrected chi connectivity index (χ4v) is 1.68. The summed E-state index contributed by atoms with van der Waals surface area (Å²) in [7, 11) is 0. The third kappa shape index (κ3) is 5.01. The number of hydrogen-bond donors (Lipinski definition) is 1. The van der Waals surface area contributed by atoms with Crippen LogP contribution in [0.4, 0.5) is 0 Å². The van der Waals surface area contributed by atoms with Crippen LogP contribution in [0.2, 0.25) is 0 Å². The molecule has 1 fully saturated rings. The van der Waals surface area contributed by atoms with Gasteiger partial charge in [0.1, 0.15) is 6.10 Å². The van der Waals surface area contributed by atoms with Gasteiger partial charge in [0.25, 0.3) is 5.91 Å². The number of unbranched alkanes of at least 4 members (excludes halogenated alkanes) is 1. The molecule has 0 radical (unpaired) electrons. The van der Waals surface area contributed by atoms with Gasteiger partial charge in [-0.2, -0.15) is 0 Å². The zero-order valence-electron chi connectivity index (χ0n) is 10.8. The minimum absolute atomic E-state index is 0.315. The van der Waals surface area contributed by atoms with Crippen LogP contribution in [-0.2, 0) is 19.2 Å². The molecule has 1 atom stereocenters. The molecule has 0 unspecified atom stereocenters. The van der Waals surface area contributed by atoms with Gasteiger partial charge in [-0.05, 0) is 19.3 Å². The Hall–Kier alpha value is -1.14. The number of amides is 1. The second-order valence-corrected chi connectivity index (χ2v) is 4.29. The van der Waals surface area contributed by atoms with Crippen LogP contribution in [0, 0.1) is 0 Å². The lowest BCUT2D eigenvalue weighted by molar-refractivity contribution is -0.196. The molecule has 104 valence electrons. The smallest absolute Gasteiger partial charge is 0.306 e. The van der Waals surface area contributed by atoms with Crippen LogP contribution >= 0.6 is 0 Å². The Morgan fingerprint density at radius 3 is 2.83 bits per heavy atom. The van der Waals surface area contributed by atoms with Crippen molar-refractivity contribution >= 4 is 11.9 Å². The van der Waals surface area contributed by atoms with E-state index in [4.69, 9.17) is 14.7 Å². The highest BCUT2D eigenvalue weighted by Crippen LogP contribution is 2.11. The molecule has 18 heavy (non-hydrogen) atoms. The van der Waals surface area contributed by atoms with Gasteiger partial charge in [-0.1, -0.05) is 13.3 Å². The molecular weight excluding hydrogens is 238 g/mol. The van der Waals surface area contributed by atoms with E-state index >= 15 is 0 Å². The molecule has 1 saturated heterocycles. The quantitative estimate of drug-likeness (QED) is 0.802. The van der Waals surface area contributed by atoms with Crippen LogP contribution in [0.1, 0.15) is 39.0 Å². The van der Waals surface area contributed by atoms with Gasteiger partial charge >= 0.3 is 5.97 Å². The number of rotatable bonds is 5. The first-order chi connectivity index (χ1) is 8.65. The van der Waals surface area contributed by atoms with Crippen molar-refractivity contribution < 1.29 is 24.3 Å². The number of carbonyl (C=O) groups is 2. The Morgan fingerprint density at radius 1 is 1.44 bits per heavy atom. The summed E-state index contributed by atoms with van der Waals surface area (Å²) in [5, 5.41) is 10.1. The van der Waals surface area contributed by atoms with E-state index in [0.29, 0.717) is 19.8 Å². The molecule has 1 N–H and O–H groups in total. The third-order valence-corrected chi connectivity index (χ3v) is 2.70. The highest BCUT2D eigenvalue weighted by atomic mass is 16.7. The predicted molar refractivity (Wildman–Crippen MR) is 63.8 cm³/mol. The van der Waals surface area contributed by atoms with E-state index in [2.05, 4.69) is 0 Å². The van der Waals surface area contributed by atoms with E-state index in [1.165, 1.54) is 5.06 Å². The van der Waals surface area contributed by atoms with Crippen molar-refractivity contribution in [3.63, 3.8) is 0 Å². The van der Waals surface area contributed by atoms with E-state index in [1.807, 2.05) is 6.92 Å². The van der Waals surface area contributed by atoms with Gasteiger partial charge in [0.15, 0.2) is 0 Å². The lowest BCUT2D eigenvalue weighted by Gasteiger charge is -2.24. The Balaban J connectivity index is 2.66. The molecule has 1 aliphatic heterocycles. The molecule has 0 aliphatic carbocycles. The maximum Gasteiger partial charge on any atom is 0.306 e. The van der Waals surface area contributed by atoms with E-state index in [1.54, 1.807) is 0 Å². The van der Waals surface area contributed by atoms with Crippen molar-refractivity contribution in [2.45, 2.75) is 45.1 Å². The van der Waals surface area contributed by atoms with E-state index in [9.17, 15) is 9.59 Å². The van der Waals surface area contributed by atoms with Crippen LogP contribution in [-0.4, -0.2) is 47.9 Å². The van der Waals surface area contributed by atoms with Crippen LogP contribution < -0.4 is 0 Å². The number of carboxylic acid groups (broad SMARTS) is 1. The average Bonchev–Trinajstić information content (AvgIpc) is 2.40. The Morgan fingerprint density at radius 2 is 2.17 bits per heavy atom. The molecule has 1 heterocycles. The second kappa shape index (κ2) is 8.05. The molecule has 1 aliphatic rings. The molecule has 1 amide bonds. The zero-order valence-corrected chi connectivity index (χ0v) is 10.8. The zero-order chi connectivity index (χ0) is 13.4. The van der Waals surface area contributed by atoms with Crippen molar-refractivity contribution in [1.82, 2.24) is 5.06 Å². The Labute approximate surface area is 107 Å². The molecule has 6 nitrogen and oxygen atoms in total. The molecule has 6 heteroatoms. The average molecular weight is 259 g/mol. The molecule has 0 spiro atoms. The van der Waals surface area contributed by atoms with Gasteiger partial charge in [-0.25, -0.2) is 5.06 Å². The number of hydroxylamine groups is 2. The van der Waals surface area contributed by atoms with Gasteiger partial charge in [0.2, 0.25) is 0 Å². The molecule has 0 aromatic rings. The number of aliphatic carboxylic acids is 1. The summed E-state index contributed by atoms with van der Waals surface area (Å²) in [4.78, 5) is 28.2. The summed E-state index contributed by atoms with van der Waals surface area (Å²) < 4.78 is 5.34. The first kappa shape index (κ1) is 14.9. The van der Waals surface area contributed by atoms with Crippen molar-refractivity contribution in [3.05, 3.63) is 0 Å². The summed E-state index contributed by atoms with van der Waals surface area (Å²) in [6.45, 7) is 3.37. The number of carbonyl (C=O) groups excluding carboxylic acids is 1. The summed E-state index contributed by atoms with van der Waals surface area (Å²) in [5.41, 5.74) is 0. The summed E-state index contributed by atoms with van der Waals surface area (Å²) >= 11 is 0. The monoisotopic (exact) mass is 259 g/mol. The maximum absolute atomic E-state index is 12.1. The summed E-state index contributed by atoms with van der Waals surface area (Å²) in [6.07, 6.45) is 2.09. The first-order valence-corrected chi connectivity index (χ1v) is 6.42. The molecule has 1 rings (SSSR count). The fourth-order valence-electron chi connectivity index (χ4n) is 1.68. The van der Waals surface area contributed by atoms with Crippen molar-refractivity contribution in [3.8, 4) is 0 Å². The maximum atomic E-state index is 12.1. The second-order valence-electron chi connectivity index (χ2n) is 4.29. The van der Waals surface area contributed by atoms with E-state index in [0.717, 1.165) is 25.7 Å². The van der Waals surface area contributed by atoms with Gasteiger partial charge < -0.3 is 9.84 Å². The highest BCUT2D eigenvalue weighted by Gasteiger charge is 2.28. The SMILES string of the molecule is CCCCN1OCCCCO[C@H](CC(=O)O)C1=O. The van der Waals surface area contributed by atoms with Gasteiger partial charge in [-0.15, -0.1) is 0 Å². The molecule has 0 aromatic carbocycles. The van der Waals surface area contributed by atoms with Crippen molar-refractivity contribution in [1.29, 1.82) is 0 Å². The largest absolute Gasteiger partial charge is 0.481 e. The Kier molecular flexibility index (Phi) is 6.67. The van der Waals surface area contributed by atoms with Gasteiger partial charge in [0, 0.05) is 13.2 Å². The predicted octanol–water partition coefficient (Wildman–Crippen LogP) is 1.20. The number of carboxylic acids is 1. The van der Waals surface area contributed by atoms with Gasteiger partial charge in [-0.3, -0.25) is 14.4 Å². The molecule has 0 bridgehead atoms. The highest BCUT2D eigenvalue weighted by molar-refractivity contribution is 5.84. The minimum Gasteiger partial charge on any atom is -0.481 e. The van der Waals surface area contributed by atoms with E-state index in [-0.39, 0.29) is 12.3 Å². The van der Waals surface area contributed by atoms with E-state index < -0.39 is 12.1 Å². The topological polar surface area (TPSA) is 76.1 Å². The molecule has 0 saturated carbocycles. The van der Waals surface area contributed by atoms with Crippen LogP contribution in [0.3, 0.4) is 0 Å². The van der Waals surface area contributed by atoms with Crippen LogP contribution in [0.25, 0.3) is 0 Å².